The van der Waals surface area contributed by atoms with Gasteiger partial charge in [-0.1, -0.05) is 34.1 Å². The lowest BCUT2D eigenvalue weighted by molar-refractivity contribution is -0.422. The average Bonchev–Trinajstić information content (AvgIpc) is 2.49. The van der Waals surface area contributed by atoms with Crippen molar-refractivity contribution in [2.24, 2.45) is 0 Å². The maximum absolute atomic E-state index is 12.1. The molecule has 5 nitrogen and oxygen atoms in total. The molecule has 0 amide bonds. The monoisotopic (exact) mass is 361 g/mol. The van der Waals surface area contributed by atoms with Crippen molar-refractivity contribution in [3.8, 4) is 5.75 Å². The predicted molar refractivity (Wildman–Crippen MR) is 86.2 cm³/mol. The third-order valence-electron chi connectivity index (χ3n) is 2.85. The number of nitrogens with zero attached hydrogens (tertiary/aromatic N) is 1. The third kappa shape index (κ3) is 4.02. The van der Waals surface area contributed by atoms with E-state index in [4.69, 9.17) is 4.74 Å². The zero-order valence-electron chi connectivity index (χ0n) is 11.7. The van der Waals surface area contributed by atoms with Crippen molar-refractivity contribution in [2.45, 2.75) is 6.92 Å². The average molecular weight is 362 g/mol. The summed E-state index contributed by atoms with van der Waals surface area (Å²) in [5, 5.41) is 10.7. The first-order valence-corrected chi connectivity index (χ1v) is 7.16. The number of rotatable bonds is 4. The van der Waals surface area contributed by atoms with Gasteiger partial charge in [-0.05, 0) is 30.3 Å². The van der Waals surface area contributed by atoms with Gasteiger partial charge in [0.25, 0.3) is 0 Å². The summed E-state index contributed by atoms with van der Waals surface area (Å²) in [5.74, 6) is -0.247. The van der Waals surface area contributed by atoms with E-state index in [1.165, 1.54) is 13.0 Å². The largest absolute Gasteiger partial charge is 0.422 e. The van der Waals surface area contributed by atoms with E-state index in [2.05, 4.69) is 15.9 Å². The number of halogens is 1. The molecule has 0 unspecified atom stereocenters. The number of carbonyl (C=O) groups excluding carboxylic acids is 1. The Kier molecular flexibility index (Phi) is 5.06. The van der Waals surface area contributed by atoms with Crippen LogP contribution in [0.25, 0.3) is 6.08 Å². The van der Waals surface area contributed by atoms with Crippen LogP contribution in [0.5, 0.6) is 5.75 Å². The molecule has 0 radical (unpaired) electrons. The van der Waals surface area contributed by atoms with E-state index in [0.29, 0.717) is 11.1 Å². The summed E-state index contributed by atoms with van der Waals surface area (Å²) < 4.78 is 6.19. The minimum absolute atomic E-state index is 0.0351. The zero-order chi connectivity index (χ0) is 16.1. The van der Waals surface area contributed by atoms with Crippen LogP contribution >= 0.6 is 15.9 Å². The lowest BCUT2D eigenvalue weighted by atomic mass is 10.1. The van der Waals surface area contributed by atoms with Crippen molar-refractivity contribution in [3.63, 3.8) is 0 Å². The number of hydrogen-bond donors (Lipinski definition) is 0. The van der Waals surface area contributed by atoms with E-state index in [-0.39, 0.29) is 11.4 Å². The molecule has 0 saturated carbocycles. The predicted octanol–water partition coefficient (Wildman–Crippen LogP) is 4.31. The summed E-state index contributed by atoms with van der Waals surface area (Å²) in [5.41, 5.74) is 0.835. The van der Waals surface area contributed by atoms with E-state index < -0.39 is 10.9 Å². The number of ether oxygens (including phenoxy) is 1. The van der Waals surface area contributed by atoms with E-state index in [1.807, 2.05) is 0 Å². The van der Waals surface area contributed by atoms with Gasteiger partial charge >= 0.3 is 5.97 Å². The van der Waals surface area contributed by atoms with E-state index in [1.54, 1.807) is 48.5 Å². The van der Waals surface area contributed by atoms with Crippen molar-refractivity contribution < 1.29 is 14.5 Å². The van der Waals surface area contributed by atoms with Gasteiger partial charge < -0.3 is 4.74 Å². The topological polar surface area (TPSA) is 69.4 Å². The fourth-order valence-electron chi connectivity index (χ4n) is 1.72. The van der Waals surface area contributed by atoms with Crippen LogP contribution in [0.2, 0.25) is 0 Å². The Labute approximate surface area is 135 Å². The molecule has 0 aromatic heterocycles. The maximum Gasteiger partial charge on any atom is 0.343 e. The standard InChI is InChI=1S/C16H12BrNO4/c1-11(18(20)21)10-13-4-2-3-5-15(13)22-16(19)12-6-8-14(17)9-7-12/h2-10H,1H3/b11-10+. The highest BCUT2D eigenvalue weighted by Gasteiger charge is 2.12. The molecule has 0 atom stereocenters. The molecule has 2 aromatic carbocycles. The van der Waals surface area contributed by atoms with Crippen molar-refractivity contribution in [1.29, 1.82) is 0 Å². The molecule has 0 N–H and O–H groups in total. The van der Waals surface area contributed by atoms with Gasteiger partial charge in [0.05, 0.1) is 10.5 Å². The maximum atomic E-state index is 12.1. The Morgan fingerprint density at radius 3 is 2.45 bits per heavy atom. The number of esters is 1. The molecule has 2 rings (SSSR count). The molecule has 0 saturated heterocycles. The Morgan fingerprint density at radius 1 is 1.18 bits per heavy atom. The molecule has 0 fully saturated rings. The van der Waals surface area contributed by atoms with Crippen molar-refractivity contribution in [2.75, 3.05) is 0 Å². The molecule has 0 spiro atoms. The quantitative estimate of drug-likeness (QED) is 0.352. The van der Waals surface area contributed by atoms with Crippen LogP contribution in [-0.2, 0) is 0 Å². The molecule has 0 bridgehead atoms. The van der Waals surface area contributed by atoms with Gasteiger partial charge in [0, 0.05) is 23.0 Å². The Morgan fingerprint density at radius 2 is 1.82 bits per heavy atom. The molecule has 0 heterocycles. The number of allylic oxidation sites excluding steroid dienone is 1. The lowest BCUT2D eigenvalue weighted by Gasteiger charge is -2.07. The second-order valence-corrected chi connectivity index (χ2v) is 5.39. The fraction of sp³-hybridized carbons (Fsp3) is 0.0625. The van der Waals surface area contributed by atoms with Crippen molar-refractivity contribution >= 4 is 28.0 Å². The van der Waals surface area contributed by atoms with Gasteiger partial charge in [-0.2, -0.15) is 0 Å². The number of hydrogen-bond acceptors (Lipinski definition) is 4. The summed E-state index contributed by atoms with van der Waals surface area (Å²) in [6, 6.07) is 13.4. The first kappa shape index (κ1) is 15.9. The number of carbonyl (C=O) groups is 1. The van der Waals surface area contributed by atoms with Crippen molar-refractivity contribution in [3.05, 3.63) is 79.9 Å². The number of para-hydroxylation sites is 1. The van der Waals surface area contributed by atoms with Gasteiger partial charge in [-0.3, -0.25) is 10.1 Å². The Balaban J connectivity index is 2.26. The molecule has 0 aliphatic heterocycles. The van der Waals surface area contributed by atoms with E-state index >= 15 is 0 Å². The number of benzene rings is 2. The summed E-state index contributed by atoms with van der Waals surface area (Å²) in [4.78, 5) is 22.3. The van der Waals surface area contributed by atoms with Crippen LogP contribution in [0.15, 0.2) is 58.7 Å². The summed E-state index contributed by atoms with van der Waals surface area (Å²) in [7, 11) is 0. The summed E-state index contributed by atoms with van der Waals surface area (Å²) >= 11 is 3.29. The van der Waals surface area contributed by atoms with Gasteiger partial charge in [0.1, 0.15) is 5.75 Å². The van der Waals surface area contributed by atoms with Crippen LogP contribution in [0.3, 0.4) is 0 Å². The molecule has 0 aliphatic rings. The SMILES string of the molecule is C/C(=C\c1ccccc1OC(=O)c1ccc(Br)cc1)[N+](=O)[O-]. The minimum atomic E-state index is -0.521. The van der Waals surface area contributed by atoms with Crippen LogP contribution in [-0.4, -0.2) is 10.9 Å². The van der Waals surface area contributed by atoms with E-state index in [0.717, 1.165) is 4.47 Å². The Hall–Kier alpha value is -2.47. The highest BCUT2D eigenvalue weighted by molar-refractivity contribution is 9.10. The molecule has 6 heteroatoms. The van der Waals surface area contributed by atoms with Gasteiger partial charge in [0.2, 0.25) is 5.70 Å². The Bertz CT molecular complexity index is 738. The van der Waals surface area contributed by atoms with Gasteiger partial charge in [-0.15, -0.1) is 0 Å². The fourth-order valence-corrected chi connectivity index (χ4v) is 1.98. The van der Waals surface area contributed by atoms with Crippen molar-refractivity contribution in [1.82, 2.24) is 0 Å². The molecule has 22 heavy (non-hydrogen) atoms. The molecule has 2 aromatic rings. The lowest BCUT2D eigenvalue weighted by Crippen LogP contribution is -2.09. The second-order valence-electron chi connectivity index (χ2n) is 4.48. The van der Waals surface area contributed by atoms with Gasteiger partial charge in [0.15, 0.2) is 0 Å². The molecular formula is C16H12BrNO4. The summed E-state index contributed by atoms with van der Waals surface area (Å²) in [6.45, 7) is 1.38. The normalized spacial score (nSPS) is 11.1. The minimum Gasteiger partial charge on any atom is -0.422 e. The highest BCUT2D eigenvalue weighted by atomic mass is 79.9. The molecular weight excluding hydrogens is 350 g/mol. The molecule has 112 valence electrons. The van der Waals surface area contributed by atoms with E-state index in [9.17, 15) is 14.9 Å². The molecule has 0 aliphatic carbocycles. The van der Waals surface area contributed by atoms with Crippen LogP contribution < -0.4 is 4.74 Å². The third-order valence-corrected chi connectivity index (χ3v) is 3.38. The first-order valence-electron chi connectivity index (χ1n) is 6.37. The summed E-state index contributed by atoms with van der Waals surface area (Å²) in [6.07, 6.45) is 1.37. The smallest absolute Gasteiger partial charge is 0.343 e. The highest BCUT2D eigenvalue weighted by Crippen LogP contribution is 2.22. The second kappa shape index (κ2) is 7.00. The van der Waals surface area contributed by atoms with Crippen LogP contribution in [0.4, 0.5) is 0 Å². The van der Waals surface area contributed by atoms with Crippen LogP contribution in [0.1, 0.15) is 22.8 Å². The zero-order valence-corrected chi connectivity index (χ0v) is 13.2. The van der Waals surface area contributed by atoms with Gasteiger partial charge in [-0.25, -0.2) is 4.79 Å². The van der Waals surface area contributed by atoms with Crippen LogP contribution in [0, 0.1) is 10.1 Å². The number of nitro groups is 1. The first-order chi connectivity index (χ1) is 10.5.